The first-order valence-electron chi connectivity index (χ1n) is 9.68. The van der Waals surface area contributed by atoms with Gasteiger partial charge in [0.15, 0.2) is 5.58 Å². The number of hydrogen-bond acceptors (Lipinski definition) is 6. The summed E-state index contributed by atoms with van der Waals surface area (Å²) in [6, 6.07) is 15.6. The lowest BCUT2D eigenvalue weighted by molar-refractivity contribution is -0.159. The maximum absolute atomic E-state index is 12.0. The van der Waals surface area contributed by atoms with Gasteiger partial charge in [0.25, 0.3) is 0 Å². The number of nitrogens with zero attached hydrogens (tertiary/aromatic N) is 2. The maximum atomic E-state index is 12.0. The van der Waals surface area contributed by atoms with Crippen LogP contribution in [-0.4, -0.2) is 52.3 Å². The fourth-order valence-corrected chi connectivity index (χ4v) is 3.08. The Labute approximate surface area is 179 Å². The molecule has 9 heteroatoms. The van der Waals surface area contributed by atoms with Gasteiger partial charge in [-0.25, -0.2) is 14.4 Å². The quantitative estimate of drug-likeness (QED) is 0.413. The Balaban J connectivity index is 0.000000501. The van der Waals surface area contributed by atoms with Crippen LogP contribution in [0.2, 0.25) is 0 Å². The third-order valence-corrected chi connectivity index (χ3v) is 4.56. The van der Waals surface area contributed by atoms with Gasteiger partial charge in [0.05, 0.1) is 12.6 Å². The third kappa shape index (κ3) is 7.00. The number of rotatable bonds is 8. The van der Waals surface area contributed by atoms with E-state index in [0.29, 0.717) is 12.1 Å². The smallest absolute Gasteiger partial charge is 0.419 e. The largest absolute Gasteiger partial charge is 0.496 e. The van der Waals surface area contributed by atoms with E-state index >= 15 is 0 Å². The first kappa shape index (κ1) is 23.7. The van der Waals surface area contributed by atoms with Crippen molar-refractivity contribution in [2.24, 2.45) is 0 Å². The van der Waals surface area contributed by atoms with Crippen molar-refractivity contribution >= 4 is 23.0 Å². The molecule has 0 saturated heterocycles. The Morgan fingerprint density at radius 3 is 2.35 bits per heavy atom. The average Bonchev–Trinajstić information content (AvgIpc) is 3.07. The predicted molar refractivity (Wildman–Crippen MR) is 114 cm³/mol. The first-order chi connectivity index (χ1) is 14.8. The van der Waals surface area contributed by atoms with Crippen LogP contribution in [0.5, 0.6) is 5.75 Å². The van der Waals surface area contributed by atoms with E-state index in [-0.39, 0.29) is 5.76 Å². The number of para-hydroxylation sites is 3. The predicted octanol–water partition coefficient (Wildman–Crippen LogP) is 2.67. The van der Waals surface area contributed by atoms with E-state index in [1.54, 1.807) is 11.7 Å². The number of carbonyl (C=O) groups is 2. The number of hydrogen-bond donors (Lipinski definition) is 2. The number of methoxy groups -OCH3 is 1. The lowest BCUT2D eigenvalue weighted by atomic mass is 10.2. The minimum Gasteiger partial charge on any atom is -0.496 e. The van der Waals surface area contributed by atoms with E-state index in [2.05, 4.69) is 18.0 Å². The van der Waals surface area contributed by atoms with E-state index in [0.717, 1.165) is 37.2 Å². The minimum absolute atomic E-state index is 0.274. The zero-order valence-electron chi connectivity index (χ0n) is 17.5. The van der Waals surface area contributed by atoms with Crippen LogP contribution in [0.25, 0.3) is 11.1 Å². The Hall–Kier alpha value is -3.59. The number of fused-ring (bicyclic) bond motifs is 1. The van der Waals surface area contributed by atoms with Gasteiger partial charge in [-0.15, -0.1) is 0 Å². The van der Waals surface area contributed by atoms with Gasteiger partial charge >= 0.3 is 17.7 Å². The van der Waals surface area contributed by atoms with Crippen LogP contribution in [0.3, 0.4) is 0 Å². The molecule has 0 aliphatic rings. The van der Waals surface area contributed by atoms with Crippen LogP contribution in [0.15, 0.2) is 57.7 Å². The zero-order chi connectivity index (χ0) is 22.8. The van der Waals surface area contributed by atoms with Crippen molar-refractivity contribution in [1.82, 2.24) is 9.47 Å². The average molecular weight is 430 g/mol. The number of unbranched alkanes of at least 4 members (excludes halogenated alkanes) is 1. The van der Waals surface area contributed by atoms with Crippen molar-refractivity contribution in [3.63, 3.8) is 0 Å². The van der Waals surface area contributed by atoms with E-state index < -0.39 is 11.9 Å². The van der Waals surface area contributed by atoms with Gasteiger partial charge in [-0.3, -0.25) is 4.57 Å². The Bertz CT molecular complexity index is 1060. The van der Waals surface area contributed by atoms with Gasteiger partial charge in [0, 0.05) is 18.7 Å². The van der Waals surface area contributed by atoms with E-state index in [1.807, 2.05) is 42.5 Å². The van der Waals surface area contributed by atoms with Crippen LogP contribution < -0.4 is 10.5 Å². The summed E-state index contributed by atoms with van der Waals surface area (Å²) >= 11 is 0. The molecule has 3 aromatic rings. The van der Waals surface area contributed by atoms with E-state index in [4.69, 9.17) is 29.0 Å². The van der Waals surface area contributed by atoms with Crippen LogP contribution in [0, 0.1) is 0 Å². The minimum atomic E-state index is -1.82. The summed E-state index contributed by atoms with van der Waals surface area (Å²) in [5.41, 5.74) is 2.71. The summed E-state index contributed by atoms with van der Waals surface area (Å²) in [7, 11) is 3.80. The van der Waals surface area contributed by atoms with Crippen molar-refractivity contribution in [3.8, 4) is 5.75 Å². The van der Waals surface area contributed by atoms with Crippen LogP contribution in [0.1, 0.15) is 18.4 Å². The number of aromatic nitrogens is 1. The molecule has 31 heavy (non-hydrogen) atoms. The second kappa shape index (κ2) is 11.6. The molecule has 0 fully saturated rings. The molecule has 9 nitrogen and oxygen atoms in total. The molecule has 1 aromatic heterocycles. The number of benzene rings is 2. The van der Waals surface area contributed by atoms with E-state index in [9.17, 15) is 4.79 Å². The maximum Gasteiger partial charge on any atom is 0.419 e. The number of carboxylic acid groups (broad SMARTS) is 2. The van der Waals surface area contributed by atoms with E-state index in [1.165, 1.54) is 5.56 Å². The molecule has 0 saturated carbocycles. The van der Waals surface area contributed by atoms with Crippen molar-refractivity contribution < 1.29 is 29.0 Å². The summed E-state index contributed by atoms with van der Waals surface area (Å²) in [4.78, 5) is 32.4. The highest BCUT2D eigenvalue weighted by molar-refractivity contribution is 6.27. The molecule has 0 bridgehead atoms. The second-order valence-electron chi connectivity index (χ2n) is 6.85. The van der Waals surface area contributed by atoms with Gasteiger partial charge < -0.3 is 24.3 Å². The molecule has 0 aliphatic heterocycles. The van der Waals surface area contributed by atoms with Crippen LogP contribution >= 0.6 is 0 Å². The zero-order valence-corrected chi connectivity index (χ0v) is 17.5. The second-order valence-corrected chi connectivity index (χ2v) is 6.85. The molecular weight excluding hydrogens is 404 g/mol. The molecule has 3 rings (SSSR count). The number of ether oxygens (including phenoxy) is 1. The Kier molecular flexibility index (Phi) is 8.83. The standard InChI is InChI=1S/C20H24N2O3.C2H2O4/c1-21(15-16-9-3-5-11-18(16)24-2)13-7-8-14-22-17-10-4-6-12-19(17)25-20(22)23;3-1(4)2(5)6/h3-6,9-12H,7-8,13-15H2,1-2H3;(H,3,4)(H,5,6). The van der Waals surface area contributed by atoms with Gasteiger partial charge in [-0.2, -0.15) is 0 Å². The van der Waals surface area contributed by atoms with Gasteiger partial charge in [-0.05, 0) is 44.6 Å². The summed E-state index contributed by atoms with van der Waals surface area (Å²) in [5, 5.41) is 14.8. The Morgan fingerprint density at radius 1 is 1.03 bits per heavy atom. The molecular formula is C22H26N2O7. The fourth-order valence-electron chi connectivity index (χ4n) is 3.08. The number of aliphatic carboxylic acids is 2. The summed E-state index contributed by atoms with van der Waals surface area (Å²) in [6.07, 6.45) is 1.94. The van der Waals surface area contributed by atoms with Gasteiger partial charge in [0.2, 0.25) is 0 Å². The molecule has 0 unspecified atom stereocenters. The number of oxazole rings is 1. The highest BCUT2D eigenvalue weighted by atomic mass is 16.5. The number of aryl methyl sites for hydroxylation is 1. The molecule has 0 radical (unpaired) electrons. The van der Waals surface area contributed by atoms with Crippen LogP contribution in [-0.2, 0) is 22.7 Å². The summed E-state index contributed by atoms with van der Waals surface area (Å²) < 4.78 is 12.4. The first-order valence-corrected chi connectivity index (χ1v) is 9.68. The molecule has 0 amide bonds. The molecule has 2 N–H and O–H groups in total. The summed E-state index contributed by atoms with van der Waals surface area (Å²) in [6.45, 7) is 2.49. The molecule has 0 atom stereocenters. The van der Waals surface area contributed by atoms with Gasteiger partial charge in [-0.1, -0.05) is 30.3 Å². The fraction of sp³-hybridized carbons (Fsp3) is 0.318. The SMILES string of the molecule is COc1ccccc1CN(C)CCCCn1c(=O)oc2ccccc21.O=C(O)C(=O)O. The Morgan fingerprint density at radius 2 is 1.68 bits per heavy atom. The van der Waals surface area contributed by atoms with Crippen LogP contribution in [0.4, 0.5) is 0 Å². The molecule has 0 spiro atoms. The molecule has 166 valence electrons. The molecule has 2 aromatic carbocycles. The monoisotopic (exact) mass is 430 g/mol. The lowest BCUT2D eigenvalue weighted by Crippen LogP contribution is -2.20. The lowest BCUT2D eigenvalue weighted by Gasteiger charge is -2.18. The normalized spacial score (nSPS) is 10.5. The number of carboxylic acids is 2. The molecule has 0 aliphatic carbocycles. The van der Waals surface area contributed by atoms with Crippen molar-refractivity contribution in [2.75, 3.05) is 20.7 Å². The van der Waals surface area contributed by atoms with Gasteiger partial charge in [0.1, 0.15) is 5.75 Å². The van der Waals surface area contributed by atoms with Crippen molar-refractivity contribution in [2.45, 2.75) is 25.9 Å². The topological polar surface area (TPSA) is 122 Å². The highest BCUT2D eigenvalue weighted by Crippen LogP contribution is 2.19. The highest BCUT2D eigenvalue weighted by Gasteiger charge is 2.09. The van der Waals surface area contributed by atoms with Crippen molar-refractivity contribution in [1.29, 1.82) is 0 Å². The van der Waals surface area contributed by atoms with Crippen molar-refractivity contribution in [3.05, 3.63) is 64.6 Å². The summed E-state index contributed by atoms with van der Waals surface area (Å²) in [5.74, 6) is -3.00. The third-order valence-electron chi connectivity index (χ3n) is 4.56. The molecule has 1 heterocycles.